The van der Waals surface area contributed by atoms with Crippen LogP contribution in [0, 0.1) is 6.92 Å². The number of amides is 1. The summed E-state index contributed by atoms with van der Waals surface area (Å²) in [5.74, 6) is 1.03. The zero-order chi connectivity index (χ0) is 23.4. The van der Waals surface area contributed by atoms with Crippen LogP contribution in [-0.4, -0.2) is 10.5 Å². The van der Waals surface area contributed by atoms with Gasteiger partial charge in [0.05, 0.1) is 5.56 Å². The molecule has 0 radical (unpaired) electrons. The van der Waals surface area contributed by atoms with Crippen molar-refractivity contribution in [2.75, 3.05) is 0 Å². The Bertz CT molecular complexity index is 1280. The number of hydrogen-bond acceptors (Lipinski definition) is 2. The molecule has 0 atom stereocenters. The number of carbonyl (C=O) groups excluding carboxylic acids is 1. The Balaban J connectivity index is 1.83. The van der Waals surface area contributed by atoms with E-state index in [-0.39, 0.29) is 0 Å². The van der Waals surface area contributed by atoms with Crippen LogP contribution in [0.4, 0.5) is 0 Å². The SMILES string of the molecule is CCCc1c(-c2cccc(Oc3ccccc3)c2)c(C(N)=O)c(C)n1Cc1cccc(Cl)c1. The molecule has 1 amide bonds. The molecule has 0 aliphatic carbocycles. The maximum absolute atomic E-state index is 12.6. The number of nitrogens with zero attached hydrogens (tertiary/aromatic N) is 1. The van der Waals surface area contributed by atoms with Crippen molar-refractivity contribution in [1.82, 2.24) is 4.57 Å². The molecule has 33 heavy (non-hydrogen) atoms. The molecule has 168 valence electrons. The van der Waals surface area contributed by atoms with Gasteiger partial charge in [0.1, 0.15) is 11.5 Å². The summed E-state index contributed by atoms with van der Waals surface area (Å²) < 4.78 is 8.24. The van der Waals surface area contributed by atoms with E-state index in [0.717, 1.165) is 46.7 Å². The molecule has 3 aromatic carbocycles. The Kier molecular flexibility index (Phi) is 6.85. The molecule has 0 unspecified atom stereocenters. The molecule has 0 saturated carbocycles. The number of para-hydroxylation sites is 1. The summed E-state index contributed by atoms with van der Waals surface area (Å²) in [7, 11) is 0. The van der Waals surface area contributed by atoms with E-state index in [1.165, 1.54) is 0 Å². The van der Waals surface area contributed by atoms with Crippen LogP contribution in [0.2, 0.25) is 5.02 Å². The number of ether oxygens (including phenoxy) is 1. The zero-order valence-electron chi connectivity index (χ0n) is 18.8. The lowest BCUT2D eigenvalue weighted by Crippen LogP contribution is -2.13. The van der Waals surface area contributed by atoms with E-state index in [0.29, 0.717) is 22.9 Å². The second kappa shape index (κ2) is 9.97. The summed E-state index contributed by atoms with van der Waals surface area (Å²) in [5, 5.41) is 0.690. The van der Waals surface area contributed by atoms with Crippen molar-refractivity contribution in [2.24, 2.45) is 5.73 Å². The van der Waals surface area contributed by atoms with Crippen molar-refractivity contribution < 1.29 is 9.53 Å². The number of primary amides is 1. The molecule has 0 aliphatic rings. The van der Waals surface area contributed by atoms with Crippen LogP contribution >= 0.6 is 11.6 Å². The molecule has 2 N–H and O–H groups in total. The Morgan fingerprint density at radius 3 is 2.39 bits per heavy atom. The van der Waals surface area contributed by atoms with Gasteiger partial charge < -0.3 is 15.0 Å². The van der Waals surface area contributed by atoms with Gasteiger partial charge in [-0.15, -0.1) is 0 Å². The molecule has 0 saturated heterocycles. The fourth-order valence-electron chi connectivity index (χ4n) is 4.28. The van der Waals surface area contributed by atoms with Crippen molar-refractivity contribution in [3.63, 3.8) is 0 Å². The summed E-state index contributed by atoms with van der Waals surface area (Å²) in [6.45, 7) is 4.70. The van der Waals surface area contributed by atoms with Gasteiger partial charge >= 0.3 is 0 Å². The van der Waals surface area contributed by atoms with Crippen LogP contribution in [0.25, 0.3) is 11.1 Å². The van der Waals surface area contributed by atoms with Crippen molar-refractivity contribution >= 4 is 17.5 Å². The lowest BCUT2D eigenvalue weighted by molar-refractivity contribution is 0.1000. The van der Waals surface area contributed by atoms with Crippen LogP contribution in [0.3, 0.4) is 0 Å². The molecule has 5 heteroatoms. The maximum atomic E-state index is 12.6. The van der Waals surface area contributed by atoms with Crippen LogP contribution < -0.4 is 10.5 Å². The molecular weight excluding hydrogens is 432 g/mol. The van der Waals surface area contributed by atoms with E-state index in [2.05, 4.69) is 11.5 Å². The predicted octanol–water partition coefficient (Wildman–Crippen LogP) is 7.01. The highest BCUT2D eigenvalue weighted by Crippen LogP contribution is 2.36. The lowest BCUT2D eigenvalue weighted by Gasteiger charge is -2.14. The molecule has 1 heterocycles. The van der Waals surface area contributed by atoms with Crippen molar-refractivity contribution in [1.29, 1.82) is 0 Å². The summed E-state index contributed by atoms with van der Waals surface area (Å²) in [5.41, 5.74) is 11.3. The number of aromatic nitrogens is 1. The molecule has 0 bridgehead atoms. The number of carbonyl (C=O) groups is 1. The van der Waals surface area contributed by atoms with Crippen molar-refractivity contribution in [2.45, 2.75) is 33.2 Å². The first kappa shape index (κ1) is 22.7. The third-order valence-corrected chi connectivity index (χ3v) is 5.93. The largest absolute Gasteiger partial charge is 0.457 e. The number of rotatable bonds is 8. The van der Waals surface area contributed by atoms with Crippen LogP contribution in [0.1, 0.15) is 40.7 Å². The highest BCUT2D eigenvalue weighted by molar-refractivity contribution is 6.30. The van der Waals surface area contributed by atoms with Gasteiger partial charge in [0.2, 0.25) is 0 Å². The minimum absolute atomic E-state index is 0.431. The minimum Gasteiger partial charge on any atom is -0.457 e. The van der Waals surface area contributed by atoms with Gasteiger partial charge in [-0.1, -0.05) is 67.4 Å². The van der Waals surface area contributed by atoms with E-state index >= 15 is 0 Å². The molecule has 4 aromatic rings. The Labute approximate surface area is 199 Å². The highest BCUT2D eigenvalue weighted by atomic mass is 35.5. The highest BCUT2D eigenvalue weighted by Gasteiger charge is 2.24. The average Bonchev–Trinajstić information content (AvgIpc) is 3.07. The lowest BCUT2D eigenvalue weighted by atomic mass is 9.98. The van der Waals surface area contributed by atoms with E-state index in [1.807, 2.05) is 85.8 Å². The Morgan fingerprint density at radius 2 is 1.70 bits per heavy atom. The van der Waals surface area contributed by atoms with Gasteiger partial charge in [-0.2, -0.15) is 0 Å². The second-order valence-corrected chi connectivity index (χ2v) is 8.49. The van der Waals surface area contributed by atoms with Crippen molar-refractivity contribution in [3.05, 3.63) is 106 Å². The van der Waals surface area contributed by atoms with Crippen LogP contribution in [0.5, 0.6) is 11.5 Å². The average molecular weight is 459 g/mol. The first-order chi connectivity index (χ1) is 16.0. The van der Waals surface area contributed by atoms with E-state index < -0.39 is 5.91 Å². The van der Waals surface area contributed by atoms with Crippen LogP contribution in [-0.2, 0) is 13.0 Å². The summed E-state index contributed by atoms with van der Waals surface area (Å²) in [6.07, 6.45) is 1.75. The van der Waals surface area contributed by atoms with Crippen molar-refractivity contribution in [3.8, 4) is 22.6 Å². The van der Waals surface area contributed by atoms with E-state index in [9.17, 15) is 4.79 Å². The predicted molar refractivity (Wildman–Crippen MR) is 134 cm³/mol. The van der Waals surface area contributed by atoms with Crippen LogP contribution in [0.15, 0.2) is 78.9 Å². The van der Waals surface area contributed by atoms with E-state index in [4.69, 9.17) is 22.1 Å². The topological polar surface area (TPSA) is 57.2 Å². The normalized spacial score (nSPS) is 10.9. The third-order valence-electron chi connectivity index (χ3n) is 5.70. The van der Waals surface area contributed by atoms with E-state index in [1.54, 1.807) is 0 Å². The number of halogens is 1. The summed E-state index contributed by atoms with van der Waals surface area (Å²) >= 11 is 6.22. The monoisotopic (exact) mass is 458 g/mol. The maximum Gasteiger partial charge on any atom is 0.251 e. The van der Waals surface area contributed by atoms with Gasteiger partial charge in [0.15, 0.2) is 0 Å². The quantitative estimate of drug-likeness (QED) is 0.308. The first-order valence-electron chi connectivity index (χ1n) is 11.1. The van der Waals surface area contributed by atoms with Gasteiger partial charge in [0, 0.05) is 28.5 Å². The summed E-state index contributed by atoms with van der Waals surface area (Å²) in [4.78, 5) is 12.6. The molecule has 1 aromatic heterocycles. The second-order valence-electron chi connectivity index (χ2n) is 8.06. The van der Waals surface area contributed by atoms with Gasteiger partial charge in [0.25, 0.3) is 5.91 Å². The Hall–Kier alpha value is -3.50. The van der Waals surface area contributed by atoms with Gasteiger partial charge in [-0.05, 0) is 60.9 Å². The third kappa shape index (κ3) is 4.96. The summed E-state index contributed by atoms with van der Waals surface area (Å²) in [6, 6.07) is 25.3. The molecule has 0 spiro atoms. The first-order valence-corrected chi connectivity index (χ1v) is 11.4. The molecule has 0 fully saturated rings. The molecule has 4 rings (SSSR count). The standard InChI is InChI=1S/C28H27ClN2O2/c1-3-9-25-27(21-11-8-15-24(17-21)33-23-13-5-4-6-14-23)26(28(30)32)19(2)31(25)18-20-10-7-12-22(29)16-20/h4-8,10-17H,3,9,18H2,1-2H3,(H2,30,32). The fourth-order valence-corrected chi connectivity index (χ4v) is 4.49. The smallest absolute Gasteiger partial charge is 0.251 e. The zero-order valence-corrected chi connectivity index (χ0v) is 19.6. The Morgan fingerprint density at radius 1 is 0.970 bits per heavy atom. The molecule has 0 aliphatic heterocycles. The fraction of sp³-hybridized carbons (Fsp3) is 0.179. The number of hydrogen-bond donors (Lipinski definition) is 1. The number of nitrogens with two attached hydrogens (primary N) is 1. The van der Waals surface area contributed by atoms with Gasteiger partial charge in [-0.3, -0.25) is 4.79 Å². The number of benzene rings is 3. The van der Waals surface area contributed by atoms with Gasteiger partial charge in [-0.25, -0.2) is 0 Å². The minimum atomic E-state index is -0.431. The molecule has 4 nitrogen and oxygen atoms in total. The molecular formula is C28H27ClN2O2.